The maximum absolute atomic E-state index is 13.1. The number of hydrogen-bond donors (Lipinski definition) is 0. The fourth-order valence-electron chi connectivity index (χ4n) is 3.34. The molecule has 0 bridgehead atoms. The Hall–Kier alpha value is -3.06. The second-order valence-electron chi connectivity index (χ2n) is 6.99. The first-order valence-corrected chi connectivity index (χ1v) is 10.4. The lowest BCUT2D eigenvalue weighted by Crippen LogP contribution is -2.42. The van der Waals surface area contributed by atoms with Gasteiger partial charge in [0.05, 0.1) is 16.8 Å². The number of aromatic nitrogens is 1. The summed E-state index contributed by atoms with van der Waals surface area (Å²) in [5, 5.41) is 0.571. The first kappa shape index (κ1) is 19.3. The van der Waals surface area contributed by atoms with Crippen LogP contribution in [0.5, 0.6) is 0 Å². The number of nitrogens with zero attached hydrogens (tertiary/aromatic N) is 3. The highest BCUT2D eigenvalue weighted by Gasteiger charge is 2.32. The summed E-state index contributed by atoms with van der Waals surface area (Å²) in [7, 11) is 0. The van der Waals surface area contributed by atoms with E-state index in [0.29, 0.717) is 11.7 Å². The third-order valence-electron chi connectivity index (χ3n) is 5.01. The predicted octanol–water partition coefficient (Wildman–Crippen LogP) is 3.54. The van der Waals surface area contributed by atoms with Gasteiger partial charge in [-0.2, -0.15) is 0 Å². The molecule has 2 aromatic carbocycles. The summed E-state index contributed by atoms with van der Waals surface area (Å²) < 4.78 is 1.01. The zero-order valence-corrected chi connectivity index (χ0v) is 16.9. The van der Waals surface area contributed by atoms with Gasteiger partial charge in [-0.15, -0.1) is 0 Å². The van der Waals surface area contributed by atoms with Gasteiger partial charge in [0.2, 0.25) is 17.7 Å². The second kappa shape index (κ2) is 8.13. The molecule has 0 N–H and O–H groups in total. The Labute approximate surface area is 172 Å². The smallest absolute Gasteiger partial charge is 0.249 e. The fourth-order valence-corrected chi connectivity index (χ4v) is 4.39. The van der Waals surface area contributed by atoms with Crippen molar-refractivity contribution in [3.05, 3.63) is 59.7 Å². The van der Waals surface area contributed by atoms with Crippen LogP contribution in [0.2, 0.25) is 0 Å². The third kappa shape index (κ3) is 4.05. The molecule has 1 aromatic heterocycles. The molecule has 3 amide bonds. The van der Waals surface area contributed by atoms with Crippen LogP contribution in [-0.2, 0) is 27.3 Å². The molecule has 1 fully saturated rings. The van der Waals surface area contributed by atoms with Gasteiger partial charge < -0.3 is 0 Å². The number of amides is 3. The summed E-state index contributed by atoms with van der Waals surface area (Å²) in [5.74, 6) is -0.896. The minimum atomic E-state index is -0.313. The quantitative estimate of drug-likeness (QED) is 0.586. The van der Waals surface area contributed by atoms with Crippen molar-refractivity contribution in [1.82, 2.24) is 9.88 Å². The van der Waals surface area contributed by atoms with Crippen molar-refractivity contribution in [1.29, 1.82) is 0 Å². The van der Waals surface area contributed by atoms with Crippen molar-refractivity contribution >= 4 is 44.4 Å². The van der Waals surface area contributed by atoms with Crippen LogP contribution < -0.4 is 4.90 Å². The van der Waals surface area contributed by atoms with Gasteiger partial charge in [-0.25, -0.2) is 4.98 Å². The Morgan fingerprint density at radius 2 is 1.79 bits per heavy atom. The Balaban J connectivity index is 1.67. The Bertz CT molecular complexity index is 1060. The van der Waals surface area contributed by atoms with Crippen molar-refractivity contribution in [2.45, 2.75) is 32.7 Å². The molecule has 2 heterocycles. The van der Waals surface area contributed by atoms with Crippen LogP contribution >= 0.6 is 11.3 Å². The molecule has 4 rings (SSSR count). The fraction of sp³-hybridized carbons (Fsp3) is 0.273. The Kier molecular flexibility index (Phi) is 5.40. The Morgan fingerprint density at radius 1 is 1.07 bits per heavy atom. The lowest BCUT2D eigenvalue weighted by atomic mass is 10.2. The van der Waals surface area contributed by atoms with Crippen molar-refractivity contribution in [3.8, 4) is 0 Å². The van der Waals surface area contributed by atoms with Crippen LogP contribution in [0.4, 0.5) is 5.13 Å². The number of anilines is 1. The number of benzene rings is 2. The lowest BCUT2D eigenvalue weighted by Gasteiger charge is -2.22. The average molecular weight is 407 g/mol. The van der Waals surface area contributed by atoms with Crippen LogP contribution in [0.3, 0.4) is 0 Å². The minimum absolute atomic E-state index is 0.172. The van der Waals surface area contributed by atoms with Crippen LogP contribution in [0.15, 0.2) is 48.5 Å². The SMILES string of the molecule is CCc1ccc2nc(N(Cc3ccccc3)C(=O)CN3C(=O)CCC3=O)sc2c1. The molecule has 6 nitrogen and oxygen atoms in total. The number of likely N-dealkylation sites (tertiary alicyclic amines) is 1. The molecule has 1 saturated heterocycles. The molecule has 0 unspecified atom stereocenters. The number of fused-ring (bicyclic) bond motifs is 1. The van der Waals surface area contributed by atoms with Crippen molar-refractivity contribution in [3.63, 3.8) is 0 Å². The summed E-state index contributed by atoms with van der Waals surface area (Å²) >= 11 is 1.45. The number of rotatable bonds is 6. The van der Waals surface area contributed by atoms with Gasteiger partial charge in [0.1, 0.15) is 6.54 Å². The first-order chi connectivity index (χ1) is 14.0. The summed E-state index contributed by atoms with van der Waals surface area (Å²) in [6, 6.07) is 15.7. The zero-order valence-electron chi connectivity index (χ0n) is 16.1. The number of carbonyl (C=O) groups excluding carboxylic acids is 3. The van der Waals surface area contributed by atoms with Gasteiger partial charge in [-0.3, -0.25) is 24.2 Å². The largest absolute Gasteiger partial charge is 0.282 e. The van der Waals surface area contributed by atoms with Crippen LogP contribution in [0.25, 0.3) is 10.2 Å². The van der Waals surface area contributed by atoms with Crippen molar-refractivity contribution < 1.29 is 14.4 Å². The monoisotopic (exact) mass is 407 g/mol. The average Bonchev–Trinajstić information content (AvgIpc) is 3.30. The number of aryl methyl sites for hydroxylation is 1. The van der Waals surface area contributed by atoms with Gasteiger partial charge in [-0.05, 0) is 29.7 Å². The molecule has 1 aliphatic rings. The molecular formula is C22H21N3O3S. The van der Waals surface area contributed by atoms with E-state index in [1.165, 1.54) is 16.9 Å². The highest BCUT2D eigenvalue weighted by atomic mass is 32.1. The summed E-state index contributed by atoms with van der Waals surface area (Å²) in [6.45, 7) is 2.18. The van der Waals surface area contributed by atoms with E-state index in [-0.39, 0.29) is 37.1 Å². The zero-order chi connectivity index (χ0) is 20.4. The topological polar surface area (TPSA) is 70.6 Å². The van der Waals surface area contributed by atoms with Crippen molar-refractivity contribution in [2.24, 2.45) is 0 Å². The van der Waals surface area contributed by atoms with E-state index in [4.69, 9.17) is 0 Å². The van der Waals surface area contributed by atoms with E-state index in [1.54, 1.807) is 4.90 Å². The van der Waals surface area contributed by atoms with Crippen LogP contribution in [0.1, 0.15) is 30.9 Å². The molecule has 7 heteroatoms. The second-order valence-corrected chi connectivity index (χ2v) is 8.00. The molecule has 29 heavy (non-hydrogen) atoms. The van der Waals surface area contributed by atoms with Crippen molar-refractivity contribution in [2.75, 3.05) is 11.4 Å². The minimum Gasteiger partial charge on any atom is -0.282 e. The van der Waals surface area contributed by atoms with E-state index >= 15 is 0 Å². The molecule has 0 aliphatic carbocycles. The maximum Gasteiger partial charge on any atom is 0.249 e. The number of imide groups is 1. The van der Waals surface area contributed by atoms with Crippen LogP contribution in [-0.4, -0.2) is 34.2 Å². The standard InChI is InChI=1S/C22H21N3O3S/c1-2-15-8-9-17-18(12-15)29-22(23-17)25(13-16-6-4-3-5-7-16)21(28)14-24-19(26)10-11-20(24)27/h3-9,12H,2,10-11,13-14H2,1H3. The van der Waals surface area contributed by atoms with Gasteiger partial charge >= 0.3 is 0 Å². The number of hydrogen-bond acceptors (Lipinski definition) is 5. The normalized spacial score (nSPS) is 14.0. The van der Waals surface area contributed by atoms with E-state index in [1.807, 2.05) is 42.5 Å². The van der Waals surface area contributed by atoms with Gasteiger partial charge in [0, 0.05) is 12.8 Å². The number of carbonyl (C=O) groups is 3. The van der Waals surface area contributed by atoms with Gasteiger partial charge in [-0.1, -0.05) is 54.7 Å². The molecule has 0 atom stereocenters. The highest BCUT2D eigenvalue weighted by Crippen LogP contribution is 2.31. The molecule has 3 aromatic rings. The molecule has 1 aliphatic heterocycles. The maximum atomic E-state index is 13.1. The van der Waals surface area contributed by atoms with Gasteiger partial charge in [0.15, 0.2) is 5.13 Å². The van der Waals surface area contributed by atoms with E-state index < -0.39 is 0 Å². The molecule has 0 spiro atoms. The van der Waals surface area contributed by atoms with E-state index in [9.17, 15) is 14.4 Å². The molecule has 0 radical (unpaired) electrons. The summed E-state index contributed by atoms with van der Waals surface area (Å²) in [5.41, 5.74) is 3.00. The van der Waals surface area contributed by atoms with Gasteiger partial charge in [0.25, 0.3) is 0 Å². The van der Waals surface area contributed by atoms with E-state index in [0.717, 1.165) is 27.1 Å². The highest BCUT2D eigenvalue weighted by molar-refractivity contribution is 7.22. The van der Waals surface area contributed by atoms with Crippen LogP contribution in [0, 0.1) is 0 Å². The van der Waals surface area contributed by atoms with E-state index in [2.05, 4.69) is 18.0 Å². The third-order valence-corrected chi connectivity index (χ3v) is 6.05. The first-order valence-electron chi connectivity index (χ1n) is 9.62. The predicted molar refractivity (Wildman–Crippen MR) is 113 cm³/mol. The summed E-state index contributed by atoms with van der Waals surface area (Å²) in [4.78, 5) is 44.4. The molecule has 148 valence electrons. The summed E-state index contributed by atoms with van der Waals surface area (Å²) in [6.07, 6.45) is 1.27. The molecular weight excluding hydrogens is 386 g/mol. The number of thiazole rings is 1. The lowest BCUT2D eigenvalue weighted by molar-refractivity contribution is -0.141. The molecule has 0 saturated carbocycles. The Morgan fingerprint density at radius 3 is 2.48 bits per heavy atom.